The lowest BCUT2D eigenvalue weighted by molar-refractivity contribution is 0.0737. The van der Waals surface area contributed by atoms with Crippen LogP contribution in [0.15, 0.2) is 36.5 Å². The van der Waals surface area contributed by atoms with E-state index >= 15 is 0 Å². The molecule has 0 saturated carbocycles. The first-order chi connectivity index (χ1) is 9.70. The molecule has 1 aromatic heterocycles. The Morgan fingerprint density at radius 3 is 3.10 bits per heavy atom. The van der Waals surface area contributed by atoms with Crippen molar-refractivity contribution < 1.29 is 4.79 Å². The van der Waals surface area contributed by atoms with Crippen molar-refractivity contribution in [3.63, 3.8) is 0 Å². The number of carbonyl (C=O) groups is 1. The molecule has 1 saturated heterocycles. The second-order valence-electron chi connectivity index (χ2n) is 5.40. The lowest BCUT2D eigenvalue weighted by atomic mass is 10.0. The maximum Gasteiger partial charge on any atom is 0.254 e. The highest BCUT2D eigenvalue weighted by Crippen LogP contribution is 2.27. The van der Waals surface area contributed by atoms with Crippen LogP contribution in [0.25, 0.3) is 10.9 Å². The van der Waals surface area contributed by atoms with Crippen LogP contribution in [0.1, 0.15) is 23.7 Å². The average molecular weight is 289 g/mol. The minimum absolute atomic E-state index is 0.0748. The van der Waals surface area contributed by atoms with Gasteiger partial charge in [0.2, 0.25) is 0 Å². The Bertz CT molecular complexity index is 643. The zero-order valence-electron chi connectivity index (χ0n) is 11.4. The average Bonchev–Trinajstić information content (AvgIpc) is 2.86. The zero-order chi connectivity index (χ0) is 14.1. The summed E-state index contributed by atoms with van der Waals surface area (Å²) in [5.41, 5.74) is 1.63. The molecule has 1 aliphatic rings. The normalized spacial score (nSPS) is 22.4. The van der Waals surface area contributed by atoms with Crippen LogP contribution in [0.5, 0.6) is 0 Å². The van der Waals surface area contributed by atoms with E-state index in [0.717, 1.165) is 29.4 Å². The summed E-state index contributed by atoms with van der Waals surface area (Å²) in [5.74, 6) is 1.05. The van der Waals surface area contributed by atoms with Crippen molar-refractivity contribution >= 4 is 28.4 Å². The van der Waals surface area contributed by atoms with Crippen molar-refractivity contribution in [2.45, 2.75) is 19.4 Å². The van der Waals surface area contributed by atoms with E-state index < -0.39 is 0 Å². The fraction of sp³-hybridized carbons (Fsp3) is 0.375. The third kappa shape index (κ3) is 2.27. The van der Waals surface area contributed by atoms with Crippen molar-refractivity contribution in [2.75, 3.05) is 12.4 Å². The highest BCUT2D eigenvalue weighted by molar-refractivity contribution is 6.18. The number of alkyl halides is 1. The summed E-state index contributed by atoms with van der Waals surface area (Å²) in [6.07, 6.45) is 2.79. The van der Waals surface area contributed by atoms with Gasteiger partial charge in [0, 0.05) is 35.6 Å². The number of aromatic nitrogens is 1. The molecule has 3 nitrogen and oxygen atoms in total. The summed E-state index contributed by atoms with van der Waals surface area (Å²) in [4.78, 5) is 18.8. The van der Waals surface area contributed by atoms with Gasteiger partial charge in [-0.1, -0.05) is 13.0 Å². The number of nitrogens with zero attached hydrogens (tertiary/aromatic N) is 2. The number of amides is 1. The standard InChI is InChI=1S/C16H17ClN2O/c1-11-6-8-19(15(11)10-17)16(20)13-4-5-14-12(9-13)3-2-7-18-14/h2-5,7,9,11,15H,6,8,10H2,1H3. The summed E-state index contributed by atoms with van der Waals surface area (Å²) < 4.78 is 0. The second kappa shape index (κ2) is 5.41. The molecule has 1 aromatic carbocycles. The largest absolute Gasteiger partial charge is 0.334 e. The van der Waals surface area contributed by atoms with Crippen LogP contribution in [0, 0.1) is 5.92 Å². The predicted octanol–water partition coefficient (Wildman–Crippen LogP) is 3.32. The Labute approximate surface area is 123 Å². The highest BCUT2D eigenvalue weighted by atomic mass is 35.5. The molecule has 2 heterocycles. The van der Waals surface area contributed by atoms with E-state index in [4.69, 9.17) is 11.6 Å². The summed E-state index contributed by atoms with van der Waals surface area (Å²) in [7, 11) is 0. The second-order valence-corrected chi connectivity index (χ2v) is 5.71. The molecule has 4 heteroatoms. The third-order valence-electron chi connectivity index (χ3n) is 4.15. The molecule has 2 atom stereocenters. The topological polar surface area (TPSA) is 33.2 Å². The Balaban J connectivity index is 1.92. The van der Waals surface area contributed by atoms with Crippen LogP contribution in [0.3, 0.4) is 0 Å². The van der Waals surface area contributed by atoms with Gasteiger partial charge in [-0.25, -0.2) is 0 Å². The lowest BCUT2D eigenvalue weighted by Crippen LogP contribution is -2.38. The number of halogens is 1. The van der Waals surface area contributed by atoms with Crippen molar-refractivity contribution in [1.29, 1.82) is 0 Å². The number of fused-ring (bicyclic) bond motifs is 1. The van der Waals surface area contributed by atoms with Gasteiger partial charge in [-0.05, 0) is 36.6 Å². The maximum atomic E-state index is 12.7. The van der Waals surface area contributed by atoms with Crippen molar-refractivity contribution in [1.82, 2.24) is 9.88 Å². The van der Waals surface area contributed by atoms with Crippen LogP contribution >= 0.6 is 11.6 Å². The number of hydrogen-bond acceptors (Lipinski definition) is 2. The Morgan fingerprint density at radius 1 is 1.45 bits per heavy atom. The highest BCUT2D eigenvalue weighted by Gasteiger charge is 2.34. The van der Waals surface area contributed by atoms with E-state index in [9.17, 15) is 4.79 Å². The van der Waals surface area contributed by atoms with Gasteiger partial charge in [-0.3, -0.25) is 9.78 Å². The number of pyridine rings is 1. The number of hydrogen-bond donors (Lipinski definition) is 0. The van der Waals surface area contributed by atoms with E-state index in [1.807, 2.05) is 35.2 Å². The minimum atomic E-state index is 0.0748. The fourth-order valence-electron chi connectivity index (χ4n) is 2.87. The summed E-state index contributed by atoms with van der Waals surface area (Å²) >= 11 is 6.02. The summed E-state index contributed by atoms with van der Waals surface area (Å²) in [5, 5.41) is 0.994. The molecular weight excluding hydrogens is 272 g/mol. The minimum Gasteiger partial charge on any atom is -0.334 e. The van der Waals surface area contributed by atoms with E-state index in [1.165, 1.54) is 0 Å². The first kappa shape index (κ1) is 13.4. The Hall–Kier alpha value is -1.61. The Kier molecular flexibility index (Phi) is 3.62. The molecule has 2 unspecified atom stereocenters. The Morgan fingerprint density at radius 2 is 2.30 bits per heavy atom. The van der Waals surface area contributed by atoms with Crippen molar-refractivity contribution in [3.8, 4) is 0 Å². The summed E-state index contributed by atoms with van der Waals surface area (Å²) in [6, 6.07) is 9.68. The first-order valence-electron chi connectivity index (χ1n) is 6.92. The molecule has 0 spiro atoms. The van der Waals surface area contributed by atoms with E-state index in [1.54, 1.807) is 6.20 Å². The van der Waals surface area contributed by atoms with E-state index in [0.29, 0.717) is 11.8 Å². The van der Waals surface area contributed by atoms with Gasteiger partial charge >= 0.3 is 0 Å². The van der Waals surface area contributed by atoms with Gasteiger partial charge in [0.1, 0.15) is 0 Å². The quantitative estimate of drug-likeness (QED) is 0.794. The first-order valence-corrected chi connectivity index (χ1v) is 7.46. The molecule has 104 valence electrons. The van der Waals surface area contributed by atoms with Gasteiger partial charge < -0.3 is 4.90 Å². The molecule has 0 aliphatic carbocycles. The van der Waals surface area contributed by atoms with Gasteiger partial charge in [-0.15, -0.1) is 11.6 Å². The van der Waals surface area contributed by atoms with Crippen LogP contribution in [0.2, 0.25) is 0 Å². The molecule has 2 aromatic rings. The van der Waals surface area contributed by atoms with Gasteiger partial charge in [0.25, 0.3) is 5.91 Å². The van der Waals surface area contributed by atoms with Crippen LogP contribution in [0.4, 0.5) is 0 Å². The molecule has 20 heavy (non-hydrogen) atoms. The molecule has 3 rings (SSSR count). The van der Waals surface area contributed by atoms with Crippen molar-refractivity contribution in [2.24, 2.45) is 5.92 Å². The molecule has 1 fully saturated rings. The fourth-order valence-corrected chi connectivity index (χ4v) is 3.34. The van der Waals surface area contributed by atoms with E-state index in [2.05, 4.69) is 11.9 Å². The van der Waals surface area contributed by atoms with Gasteiger partial charge in [0.15, 0.2) is 0 Å². The van der Waals surface area contributed by atoms with Gasteiger partial charge in [-0.2, -0.15) is 0 Å². The zero-order valence-corrected chi connectivity index (χ0v) is 12.2. The molecule has 0 N–H and O–H groups in total. The van der Waals surface area contributed by atoms with Gasteiger partial charge in [0.05, 0.1) is 5.52 Å². The van der Waals surface area contributed by atoms with E-state index in [-0.39, 0.29) is 11.9 Å². The maximum absolute atomic E-state index is 12.7. The molecule has 0 radical (unpaired) electrons. The lowest BCUT2D eigenvalue weighted by Gasteiger charge is -2.25. The number of benzene rings is 1. The predicted molar refractivity (Wildman–Crippen MR) is 81.1 cm³/mol. The molecule has 0 bridgehead atoms. The summed E-state index contributed by atoms with van der Waals surface area (Å²) in [6.45, 7) is 2.95. The van der Waals surface area contributed by atoms with Crippen LogP contribution in [-0.2, 0) is 0 Å². The number of likely N-dealkylation sites (tertiary alicyclic amines) is 1. The SMILES string of the molecule is CC1CCN(C(=O)c2ccc3ncccc3c2)C1CCl. The van der Waals surface area contributed by atoms with Crippen molar-refractivity contribution in [3.05, 3.63) is 42.1 Å². The van der Waals surface area contributed by atoms with Crippen LogP contribution in [-0.4, -0.2) is 34.3 Å². The number of carbonyl (C=O) groups excluding carboxylic acids is 1. The number of rotatable bonds is 2. The molecule has 1 amide bonds. The van der Waals surface area contributed by atoms with Crippen LogP contribution < -0.4 is 0 Å². The third-order valence-corrected chi connectivity index (χ3v) is 4.47. The smallest absolute Gasteiger partial charge is 0.254 e. The molecular formula is C16H17ClN2O. The molecule has 1 aliphatic heterocycles. The monoisotopic (exact) mass is 288 g/mol.